The SMILES string of the molecule is CC(=O)c1cccc(NC(=O)CSc2cn[nH]n2)c1. The molecule has 1 aromatic carbocycles. The normalized spacial score (nSPS) is 10.2. The molecule has 0 saturated carbocycles. The van der Waals surface area contributed by atoms with Gasteiger partial charge in [-0.3, -0.25) is 9.59 Å². The third-order valence-corrected chi connectivity index (χ3v) is 3.20. The van der Waals surface area contributed by atoms with Crippen LogP contribution in [0.2, 0.25) is 0 Å². The van der Waals surface area contributed by atoms with Gasteiger partial charge < -0.3 is 5.32 Å². The summed E-state index contributed by atoms with van der Waals surface area (Å²) in [6.07, 6.45) is 1.55. The Morgan fingerprint density at radius 2 is 2.26 bits per heavy atom. The highest BCUT2D eigenvalue weighted by atomic mass is 32.2. The van der Waals surface area contributed by atoms with Gasteiger partial charge in [0.2, 0.25) is 5.91 Å². The van der Waals surface area contributed by atoms with Crippen molar-refractivity contribution in [3.8, 4) is 0 Å². The standard InChI is InChI=1S/C12H12N4O2S/c1-8(17)9-3-2-4-10(5-9)14-11(18)7-19-12-6-13-16-15-12/h2-6H,7H2,1H3,(H,14,18)(H,13,15,16). The van der Waals surface area contributed by atoms with Gasteiger partial charge in [0.1, 0.15) is 5.03 Å². The van der Waals surface area contributed by atoms with Crippen molar-refractivity contribution >= 4 is 29.1 Å². The van der Waals surface area contributed by atoms with E-state index >= 15 is 0 Å². The molecule has 2 aromatic rings. The number of nitrogens with one attached hydrogen (secondary N) is 2. The van der Waals surface area contributed by atoms with Gasteiger partial charge in [-0.25, -0.2) is 0 Å². The zero-order valence-corrected chi connectivity index (χ0v) is 11.0. The summed E-state index contributed by atoms with van der Waals surface area (Å²) in [7, 11) is 0. The number of hydrogen-bond donors (Lipinski definition) is 2. The van der Waals surface area contributed by atoms with Gasteiger partial charge in [0, 0.05) is 11.3 Å². The number of aromatic nitrogens is 3. The molecule has 2 rings (SSSR count). The monoisotopic (exact) mass is 276 g/mol. The number of Topliss-reactive ketones (excluding diaryl/α,β-unsaturated/α-hetero) is 1. The summed E-state index contributed by atoms with van der Waals surface area (Å²) in [5, 5.41) is 13.3. The Hall–Kier alpha value is -2.15. The lowest BCUT2D eigenvalue weighted by atomic mass is 10.1. The van der Waals surface area contributed by atoms with Crippen LogP contribution in [0.15, 0.2) is 35.5 Å². The van der Waals surface area contributed by atoms with E-state index in [2.05, 4.69) is 20.7 Å². The van der Waals surface area contributed by atoms with E-state index in [0.717, 1.165) is 0 Å². The third kappa shape index (κ3) is 3.92. The smallest absolute Gasteiger partial charge is 0.234 e. The van der Waals surface area contributed by atoms with Gasteiger partial charge in [0.25, 0.3) is 0 Å². The Morgan fingerprint density at radius 1 is 1.42 bits per heavy atom. The molecule has 0 spiro atoms. The number of benzene rings is 1. The van der Waals surface area contributed by atoms with Crippen molar-refractivity contribution in [3.63, 3.8) is 0 Å². The van der Waals surface area contributed by atoms with Gasteiger partial charge in [-0.05, 0) is 19.1 Å². The molecule has 19 heavy (non-hydrogen) atoms. The molecule has 0 aliphatic rings. The fraction of sp³-hybridized carbons (Fsp3) is 0.167. The Morgan fingerprint density at radius 3 is 2.95 bits per heavy atom. The number of hydrogen-bond acceptors (Lipinski definition) is 5. The predicted molar refractivity (Wildman–Crippen MR) is 72.2 cm³/mol. The Balaban J connectivity index is 1.91. The van der Waals surface area contributed by atoms with Crippen molar-refractivity contribution in [2.24, 2.45) is 0 Å². The predicted octanol–water partition coefficient (Wildman–Crippen LogP) is 1.74. The number of aromatic amines is 1. The summed E-state index contributed by atoms with van der Waals surface area (Å²) in [6.45, 7) is 1.49. The second kappa shape index (κ2) is 6.14. The molecule has 0 bridgehead atoms. The van der Waals surface area contributed by atoms with Gasteiger partial charge >= 0.3 is 0 Å². The minimum absolute atomic E-state index is 0.0342. The maximum absolute atomic E-state index is 11.7. The van der Waals surface area contributed by atoms with Gasteiger partial charge in [-0.15, -0.1) is 5.10 Å². The summed E-state index contributed by atoms with van der Waals surface area (Å²) in [6, 6.07) is 6.84. The van der Waals surface area contributed by atoms with Gasteiger partial charge in [-0.2, -0.15) is 10.3 Å². The number of H-pyrrole nitrogens is 1. The molecule has 0 aliphatic carbocycles. The van der Waals surface area contributed by atoms with E-state index in [9.17, 15) is 9.59 Å². The Kier molecular flexibility index (Phi) is 4.30. The average Bonchev–Trinajstić information content (AvgIpc) is 2.90. The first kappa shape index (κ1) is 13.3. The zero-order valence-electron chi connectivity index (χ0n) is 10.2. The van der Waals surface area contributed by atoms with Crippen LogP contribution in [0.1, 0.15) is 17.3 Å². The fourth-order valence-corrected chi connectivity index (χ4v) is 2.00. The van der Waals surface area contributed by atoms with E-state index in [-0.39, 0.29) is 17.4 Å². The third-order valence-electron chi connectivity index (χ3n) is 2.30. The first-order valence-electron chi connectivity index (χ1n) is 5.54. The van der Waals surface area contributed by atoms with Crippen molar-refractivity contribution < 1.29 is 9.59 Å². The van der Waals surface area contributed by atoms with Crippen molar-refractivity contribution in [1.82, 2.24) is 15.4 Å². The van der Waals surface area contributed by atoms with E-state index in [1.807, 2.05) is 0 Å². The van der Waals surface area contributed by atoms with E-state index in [1.165, 1.54) is 18.7 Å². The van der Waals surface area contributed by atoms with Crippen molar-refractivity contribution in [2.75, 3.05) is 11.1 Å². The second-order valence-electron chi connectivity index (χ2n) is 3.78. The van der Waals surface area contributed by atoms with E-state index < -0.39 is 0 Å². The number of carbonyl (C=O) groups is 2. The molecule has 0 saturated heterocycles. The maximum Gasteiger partial charge on any atom is 0.234 e. The molecular formula is C12H12N4O2S. The minimum atomic E-state index is -0.159. The average molecular weight is 276 g/mol. The topological polar surface area (TPSA) is 87.7 Å². The first-order chi connectivity index (χ1) is 9.15. The molecule has 0 unspecified atom stereocenters. The van der Waals surface area contributed by atoms with Crippen LogP contribution in [0, 0.1) is 0 Å². The number of rotatable bonds is 5. The Bertz CT molecular complexity index is 583. The van der Waals surface area contributed by atoms with Gasteiger partial charge in [-0.1, -0.05) is 23.9 Å². The van der Waals surface area contributed by atoms with Crippen LogP contribution in [-0.4, -0.2) is 32.9 Å². The number of ketones is 1. The molecule has 2 N–H and O–H groups in total. The second-order valence-corrected chi connectivity index (χ2v) is 4.78. The number of nitrogens with zero attached hydrogens (tertiary/aromatic N) is 2. The number of carbonyl (C=O) groups excluding carboxylic acids is 2. The van der Waals surface area contributed by atoms with Crippen LogP contribution >= 0.6 is 11.8 Å². The molecule has 0 radical (unpaired) electrons. The lowest BCUT2D eigenvalue weighted by Crippen LogP contribution is -2.14. The zero-order chi connectivity index (χ0) is 13.7. The van der Waals surface area contributed by atoms with Crippen LogP contribution in [0.25, 0.3) is 0 Å². The van der Waals surface area contributed by atoms with Crippen LogP contribution in [0.3, 0.4) is 0 Å². The van der Waals surface area contributed by atoms with Crippen LogP contribution in [0.5, 0.6) is 0 Å². The number of thioether (sulfide) groups is 1. The number of amides is 1. The van der Waals surface area contributed by atoms with Crippen molar-refractivity contribution in [2.45, 2.75) is 11.9 Å². The summed E-state index contributed by atoms with van der Waals surface area (Å²) >= 11 is 1.28. The van der Waals surface area contributed by atoms with Gasteiger partial charge in [0.05, 0.1) is 11.9 Å². The molecule has 1 heterocycles. The first-order valence-corrected chi connectivity index (χ1v) is 6.53. The van der Waals surface area contributed by atoms with Crippen LogP contribution in [0.4, 0.5) is 5.69 Å². The summed E-state index contributed by atoms with van der Waals surface area (Å²) < 4.78 is 0. The quantitative estimate of drug-likeness (QED) is 0.641. The highest BCUT2D eigenvalue weighted by Crippen LogP contribution is 2.15. The molecule has 6 nitrogen and oxygen atoms in total. The molecule has 0 fully saturated rings. The summed E-state index contributed by atoms with van der Waals surface area (Å²) in [5.41, 5.74) is 1.18. The number of anilines is 1. The maximum atomic E-state index is 11.7. The molecule has 98 valence electrons. The molecule has 0 atom stereocenters. The lowest BCUT2D eigenvalue weighted by Gasteiger charge is -2.05. The highest BCUT2D eigenvalue weighted by molar-refractivity contribution is 7.99. The molecule has 0 aliphatic heterocycles. The molecule has 1 aromatic heterocycles. The lowest BCUT2D eigenvalue weighted by molar-refractivity contribution is -0.113. The van der Waals surface area contributed by atoms with E-state index in [4.69, 9.17) is 0 Å². The van der Waals surface area contributed by atoms with Crippen molar-refractivity contribution in [1.29, 1.82) is 0 Å². The molecule has 7 heteroatoms. The van der Waals surface area contributed by atoms with E-state index in [1.54, 1.807) is 30.5 Å². The van der Waals surface area contributed by atoms with Crippen molar-refractivity contribution in [3.05, 3.63) is 36.0 Å². The van der Waals surface area contributed by atoms with Gasteiger partial charge in [0.15, 0.2) is 5.78 Å². The minimum Gasteiger partial charge on any atom is -0.325 e. The van der Waals surface area contributed by atoms with Crippen LogP contribution < -0.4 is 5.32 Å². The largest absolute Gasteiger partial charge is 0.325 e. The summed E-state index contributed by atoms with van der Waals surface area (Å²) in [4.78, 5) is 22.9. The Labute approximate surface area is 114 Å². The highest BCUT2D eigenvalue weighted by Gasteiger charge is 2.06. The fourth-order valence-electron chi connectivity index (χ4n) is 1.41. The molecule has 1 amide bonds. The van der Waals surface area contributed by atoms with E-state index in [0.29, 0.717) is 16.3 Å². The summed E-state index contributed by atoms with van der Waals surface area (Å²) in [5.74, 6) is 0.0402. The molecular weight excluding hydrogens is 264 g/mol. The van der Waals surface area contributed by atoms with Crippen LogP contribution in [-0.2, 0) is 4.79 Å².